The van der Waals surface area contributed by atoms with E-state index >= 15 is 0 Å². The van der Waals surface area contributed by atoms with Crippen LogP contribution in [0.25, 0.3) is 11.8 Å². The minimum absolute atomic E-state index is 0.00594. The lowest BCUT2D eigenvalue weighted by Gasteiger charge is -2.12. The molecule has 0 amide bonds. The maximum Gasteiger partial charge on any atom is 0.418 e. The van der Waals surface area contributed by atoms with Crippen molar-refractivity contribution in [2.45, 2.75) is 19.5 Å². The highest BCUT2D eigenvalue weighted by Crippen LogP contribution is 2.30. The van der Waals surface area contributed by atoms with Gasteiger partial charge in [-0.25, -0.2) is 4.79 Å². The molecule has 2 rings (SSSR count). The Morgan fingerprint density at radius 2 is 2.10 bits per heavy atom. The maximum absolute atomic E-state index is 12.9. The molecule has 29 heavy (non-hydrogen) atoms. The number of nitriles is 1. The Hall–Kier alpha value is -2.83. The number of alkyl halides is 3. The number of esters is 1. The lowest BCUT2D eigenvalue weighted by Crippen LogP contribution is -2.27. The van der Waals surface area contributed by atoms with Crippen LogP contribution in [0.2, 0.25) is 5.02 Å². The van der Waals surface area contributed by atoms with Crippen LogP contribution in [0.1, 0.15) is 23.1 Å². The third-order valence-electron chi connectivity index (χ3n) is 3.67. The summed E-state index contributed by atoms with van der Waals surface area (Å²) < 4.78 is 44.3. The number of halogens is 5. The van der Waals surface area contributed by atoms with E-state index in [4.69, 9.17) is 33.2 Å². The second-order valence-electron chi connectivity index (χ2n) is 5.64. The van der Waals surface area contributed by atoms with Gasteiger partial charge >= 0.3 is 12.1 Å². The normalized spacial score (nSPS) is 11.8. The molecule has 0 saturated carbocycles. The summed E-state index contributed by atoms with van der Waals surface area (Å²) in [6.07, 6.45) is -2.98. The zero-order valence-electron chi connectivity index (χ0n) is 14.8. The molecule has 0 bridgehead atoms. The van der Waals surface area contributed by atoms with Crippen molar-refractivity contribution in [2.75, 3.05) is 6.61 Å². The van der Waals surface area contributed by atoms with Crippen LogP contribution < -0.4 is 5.56 Å². The maximum atomic E-state index is 12.9. The van der Waals surface area contributed by atoms with E-state index in [0.29, 0.717) is 6.20 Å². The number of ether oxygens (including phenoxy) is 1. The summed E-state index contributed by atoms with van der Waals surface area (Å²) in [7, 11) is 0. The first-order valence-electron chi connectivity index (χ1n) is 7.93. The van der Waals surface area contributed by atoms with Crippen molar-refractivity contribution in [3.63, 3.8) is 0 Å². The SMILES string of the molecule is Cc1c(C(F)(F)F)cnn(-c2ccc(Cl)c(C=C(Cl)C(=O)OCCC#N)c2)c1=O. The number of hydrogen-bond acceptors (Lipinski definition) is 5. The highest BCUT2D eigenvalue weighted by Gasteiger charge is 2.34. The Labute approximate surface area is 172 Å². The number of rotatable bonds is 5. The molecule has 0 saturated heterocycles. The van der Waals surface area contributed by atoms with Crippen LogP contribution in [0, 0.1) is 18.3 Å². The summed E-state index contributed by atoms with van der Waals surface area (Å²) in [5, 5.41) is 11.8. The molecule has 0 N–H and O–H groups in total. The molecule has 2 aromatic rings. The smallest absolute Gasteiger partial charge is 0.418 e. The summed E-state index contributed by atoms with van der Waals surface area (Å²) >= 11 is 11.9. The zero-order valence-corrected chi connectivity index (χ0v) is 16.3. The van der Waals surface area contributed by atoms with Gasteiger partial charge in [-0.2, -0.15) is 28.2 Å². The summed E-state index contributed by atoms with van der Waals surface area (Å²) in [5.41, 5.74) is -2.28. The van der Waals surface area contributed by atoms with Gasteiger partial charge in [0.1, 0.15) is 11.6 Å². The predicted molar refractivity (Wildman–Crippen MR) is 99.6 cm³/mol. The number of carbonyl (C=O) groups excluding carboxylic acids is 1. The van der Waals surface area contributed by atoms with Gasteiger partial charge in [0.2, 0.25) is 0 Å². The van der Waals surface area contributed by atoms with Crippen molar-refractivity contribution in [3.05, 3.63) is 61.5 Å². The molecule has 1 aromatic heterocycles. The molecule has 0 radical (unpaired) electrons. The second kappa shape index (κ2) is 9.11. The third-order valence-corrected chi connectivity index (χ3v) is 4.28. The summed E-state index contributed by atoms with van der Waals surface area (Å²) in [6, 6.07) is 5.87. The molecular formula is C18H12Cl2F3N3O3. The van der Waals surface area contributed by atoms with Crippen LogP contribution in [0.5, 0.6) is 0 Å². The first kappa shape index (κ1) is 22.5. The van der Waals surface area contributed by atoms with Gasteiger partial charge < -0.3 is 4.74 Å². The average Bonchev–Trinajstić information content (AvgIpc) is 2.64. The number of hydrogen-bond donors (Lipinski definition) is 0. The number of carbonyl (C=O) groups is 1. The van der Waals surface area contributed by atoms with E-state index in [1.165, 1.54) is 24.3 Å². The molecule has 6 nitrogen and oxygen atoms in total. The van der Waals surface area contributed by atoms with Crippen LogP contribution in [0.15, 0.2) is 34.2 Å². The van der Waals surface area contributed by atoms with Crippen LogP contribution in [-0.4, -0.2) is 22.4 Å². The van der Waals surface area contributed by atoms with Crippen LogP contribution in [0.3, 0.4) is 0 Å². The molecule has 0 unspecified atom stereocenters. The van der Waals surface area contributed by atoms with E-state index in [-0.39, 0.29) is 34.3 Å². The molecule has 0 fully saturated rings. The highest BCUT2D eigenvalue weighted by molar-refractivity contribution is 6.43. The quantitative estimate of drug-likeness (QED) is 0.390. The van der Waals surface area contributed by atoms with Gasteiger partial charge in [-0.3, -0.25) is 4.79 Å². The Morgan fingerprint density at radius 3 is 2.72 bits per heavy atom. The average molecular weight is 446 g/mol. The topological polar surface area (TPSA) is 85.0 Å². The third kappa shape index (κ3) is 5.37. The number of aromatic nitrogens is 2. The van der Waals surface area contributed by atoms with Gasteiger partial charge in [-0.05, 0) is 36.8 Å². The van der Waals surface area contributed by atoms with Gasteiger partial charge in [0.15, 0.2) is 0 Å². The zero-order chi connectivity index (χ0) is 21.8. The van der Waals surface area contributed by atoms with Gasteiger partial charge in [0, 0.05) is 10.6 Å². The van der Waals surface area contributed by atoms with Crippen molar-refractivity contribution in [2.24, 2.45) is 0 Å². The fourth-order valence-electron chi connectivity index (χ4n) is 2.24. The molecule has 0 atom stereocenters. The fraction of sp³-hybridized carbons (Fsp3) is 0.222. The van der Waals surface area contributed by atoms with Crippen molar-refractivity contribution >= 4 is 35.2 Å². The Morgan fingerprint density at radius 1 is 1.41 bits per heavy atom. The largest absolute Gasteiger partial charge is 0.460 e. The van der Waals surface area contributed by atoms with Crippen LogP contribution in [-0.2, 0) is 15.7 Å². The molecular weight excluding hydrogens is 434 g/mol. The summed E-state index contributed by atoms with van der Waals surface area (Å²) in [5.74, 6) is -0.885. The molecule has 0 aliphatic carbocycles. The lowest BCUT2D eigenvalue weighted by molar-refractivity contribution is -0.139. The Kier molecular flexibility index (Phi) is 7.06. The molecule has 0 aliphatic rings. The molecule has 0 aliphatic heterocycles. The van der Waals surface area contributed by atoms with Gasteiger partial charge in [0.25, 0.3) is 5.56 Å². The van der Waals surface area contributed by atoms with E-state index in [9.17, 15) is 22.8 Å². The summed E-state index contributed by atoms with van der Waals surface area (Å²) in [4.78, 5) is 24.1. The van der Waals surface area contributed by atoms with Gasteiger partial charge in [0.05, 0.1) is 29.9 Å². The van der Waals surface area contributed by atoms with E-state index in [1.54, 1.807) is 6.07 Å². The lowest BCUT2D eigenvalue weighted by atomic mass is 10.1. The second-order valence-corrected chi connectivity index (χ2v) is 6.45. The molecule has 1 aromatic carbocycles. The van der Waals surface area contributed by atoms with E-state index in [0.717, 1.165) is 11.6 Å². The highest BCUT2D eigenvalue weighted by atomic mass is 35.5. The van der Waals surface area contributed by atoms with Crippen molar-refractivity contribution in [3.8, 4) is 11.8 Å². The Balaban J connectivity index is 2.43. The minimum atomic E-state index is -4.71. The molecule has 152 valence electrons. The first-order valence-corrected chi connectivity index (χ1v) is 8.69. The molecule has 1 heterocycles. The number of benzene rings is 1. The number of nitrogens with zero attached hydrogens (tertiary/aromatic N) is 3. The standard InChI is InChI=1S/C18H12Cl2F3N3O3/c1-10-13(18(21,22)23)9-25-26(16(10)27)12-3-4-14(19)11(7-12)8-15(20)17(28)29-6-2-5-24/h3-4,7-9H,2,6H2,1H3. The predicted octanol–water partition coefficient (Wildman–Crippen LogP) is 4.25. The molecule has 11 heteroatoms. The van der Waals surface area contributed by atoms with E-state index < -0.39 is 28.8 Å². The van der Waals surface area contributed by atoms with Crippen molar-refractivity contribution in [1.82, 2.24) is 9.78 Å². The van der Waals surface area contributed by atoms with E-state index in [1.807, 2.05) is 0 Å². The van der Waals surface area contributed by atoms with Crippen LogP contribution >= 0.6 is 23.2 Å². The fourth-order valence-corrected chi connectivity index (χ4v) is 2.58. The minimum Gasteiger partial charge on any atom is -0.460 e. The van der Waals surface area contributed by atoms with Gasteiger partial charge in [-0.15, -0.1) is 0 Å². The van der Waals surface area contributed by atoms with E-state index in [2.05, 4.69) is 5.10 Å². The van der Waals surface area contributed by atoms with Crippen molar-refractivity contribution in [1.29, 1.82) is 5.26 Å². The van der Waals surface area contributed by atoms with Crippen molar-refractivity contribution < 1.29 is 22.7 Å². The van der Waals surface area contributed by atoms with Crippen LogP contribution in [0.4, 0.5) is 13.2 Å². The molecule has 0 spiro atoms. The van der Waals surface area contributed by atoms with Gasteiger partial charge in [-0.1, -0.05) is 23.2 Å². The Bertz CT molecular complexity index is 1070. The monoisotopic (exact) mass is 445 g/mol. The first-order chi connectivity index (χ1) is 13.6. The summed E-state index contributed by atoms with van der Waals surface area (Å²) in [6.45, 7) is 0.908.